The first-order valence-electron chi connectivity index (χ1n) is 13.0. The van der Waals surface area contributed by atoms with Crippen LogP contribution in [0.3, 0.4) is 0 Å². The van der Waals surface area contributed by atoms with Gasteiger partial charge in [-0.25, -0.2) is 8.42 Å². The number of carbonyl (C=O) groups excluding carboxylic acids is 2. The number of halogens is 4. The van der Waals surface area contributed by atoms with Crippen LogP contribution in [0.2, 0.25) is 5.02 Å². The van der Waals surface area contributed by atoms with E-state index in [1.807, 2.05) is 6.92 Å². The Hall–Kier alpha value is -3.57. The zero-order chi connectivity index (χ0) is 30.2. The van der Waals surface area contributed by atoms with Gasteiger partial charge in [-0.15, -0.1) is 0 Å². The van der Waals surface area contributed by atoms with Gasteiger partial charge >= 0.3 is 6.18 Å². The van der Waals surface area contributed by atoms with E-state index in [0.717, 1.165) is 12.1 Å². The van der Waals surface area contributed by atoms with Crippen molar-refractivity contribution < 1.29 is 31.2 Å². The first kappa shape index (κ1) is 32.0. The zero-order valence-corrected chi connectivity index (χ0v) is 24.1. The quantitative estimate of drug-likeness (QED) is 0.278. The Balaban J connectivity index is 2.11. The highest BCUT2D eigenvalue weighted by molar-refractivity contribution is 7.92. The van der Waals surface area contributed by atoms with E-state index in [0.29, 0.717) is 28.9 Å². The topological polar surface area (TPSA) is 86.8 Å². The largest absolute Gasteiger partial charge is 0.417 e. The molecule has 12 heteroatoms. The second-order valence-electron chi connectivity index (χ2n) is 9.21. The Morgan fingerprint density at radius 1 is 0.951 bits per heavy atom. The third-order valence-electron chi connectivity index (χ3n) is 6.28. The number of nitrogens with one attached hydrogen (secondary N) is 1. The third-order valence-corrected chi connectivity index (χ3v) is 8.40. The van der Waals surface area contributed by atoms with Gasteiger partial charge in [0.25, 0.3) is 10.0 Å². The molecule has 0 aromatic heterocycles. The summed E-state index contributed by atoms with van der Waals surface area (Å²) in [7, 11) is -4.52. The minimum Gasteiger partial charge on any atom is -0.354 e. The first-order valence-corrected chi connectivity index (χ1v) is 14.8. The average Bonchev–Trinajstić information content (AvgIpc) is 2.95. The van der Waals surface area contributed by atoms with Crippen molar-refractivity contribution in [3.63, 3.8) is 0 Å². The number of nitrogens with zero attached hydrogens (tertiary/aromatic N) is 2. The van der Waals surface area contributed by atoms with Crippen LogP contribution in [0.15, 0.2) is 83.8 Å². The number of carbonyl (C=O) groups is 2. The summed E-state index contributed by atoms with van der Waals surface area (Å²) in [5, 5.41) is 2.15. The maximum absolute atomic E-state index is 13.9. The second kappa shape index (κ2) is 13.9. The van der Waals surface area contributed by atoms with Crippen LogP contribution in [-0.2, 0) is 32.3 Å². The molecule has 0 aliphatic rings. The monoisotopic (exact) mass is 609 g/mol. The number of hydrogen-bond acceptors (Lipinski definition) is 4. The van der Waals surface area contributed by atoms with Gasteiger partial charge in [-0.3, -0.25) is 13.9 Å². The molecule has 3 aromatic carbocycles. The number of benzene rings is 3. The summed E-state index contributed by atoms with van der Waals surface area (Å²) in [4.78, 5) is 28.0. The van der Waals surface area contributed by atoms with Crippen molar-refractivity contribution >= 4 is 39.1 Å². The van der Waals surface area contributed by atoms with Crippen LogP contribution in [0.5, 0.6) is 0 Å². The van der Waals surface area contributed by atoms with Gasteiger partial charge in [0.2, 0.25) is 11.8 Å². The van der Waals surface area contributed by atoms with Gasteiger partial charge in [0, 0.05) is 13.1 Å². The van der Waals surface area contributed by atoms with Gasteiger partial charge in [-0.1, -0.05) is 74.0 Å². The van der Waals surface area contributed by atoms with Crippen LogP contribution in [0.1, 0.15) is 37.8 Å². The Morgan fingerprint density at radius 2 is 1.56 bits per heavy atom. The summed E-state index contributed by atoms with van der Waals surface area (Å²) in [6, 6.07) is 17.6. The molecule has 220 valence electrons. The number of anilines is 1. The highest BCUT2D eigenvalue weighted by atomic mass is 35.5. The average molecular weight is 610 g/mol. The summed E-state index contributed by atoms with van der Waals surface area (Å²) < 4.78 is 69.3. The lowest BCUT2D eigenvalue weighted by Crippen LogP contribution is -2.52. The van der Waals surface area contributed by atoms with E-state index in [4.69, 9.17) is 11.6 Å². The van der Waals surface area contributed by atoms with Crippen molar-refractivity contribution in [2.45, 2.75) is 50.3 Å². The van der Waals surface area contributed by atoms with E-state index in [1.165, 1.54) is 29.2 Å². The molecule has 1 atom stereocenters. The molecule has 0 aliphatic carbocycles. The van der Waals surface area contributed by atoms with Crippen LogP contribution in [0.25, 0.3) is 0 Å². The predicted molar refractivity (Wildman–Crippen MR) is 152 cm³/mol. The van der Waals surface area contributed by atoms with Crippen LogP contribution < -0.4 is 9.62 Å². The highest BCUT2D eigenvalue weighted by Gasteiger charge is 2.37. The standard InChI is InChI=1S/C29H31ClF3N3O4S/c1-3-17-34-28(38)26(4-2)35(19-21-11-7-5-8-12-21)27(37)20-36(41(39,40)23-13-9-6-10-14-23)22-15-16-25(30)24(18-22)29(31,32)33/h5-16,18,26H,3-4,17,19-20H2,1-2H3,(H,34,38). The van der Waals surface area contributed by atoms with E-state index in [9.17, 15) is 31.2 Å². The normalized spacial score (nSPS) is 12.4. The van der Waals surface area contributed by atoms with Crippen molar-refractivity contribution in [1.82, 2.24) is 10.2 Å². The van der Waals surface area contributed by atoms with Gasteiger partial charge in [0.15, 0.2) is 0 Å². The molecule has 0 spiro atoms. The Kier molecular flexibility index (Phi) is 10.8. The van der Waals surface area contributed by atoms with E-state index >= 15 is 0 Å². The van der Waals surface area contributed by atoms with Crippen LogP contribution in [0.4, 0.5) is 18.9 Å². The van der Waals surface area contributed by atoms with Crippen molar-refractivity contribution in [3.05, 3.63) is 95.0 Å². The van der Waals surface area contributed by atoms with Gasteiger partial charge in [0.05, 0.1) is 21.2 Å². The molecule has 0 aliphatic heterocycles. The lowest BCUT2D eigenvalue weighted by molar-refractivity contribution is -0.140. The minimum atomic E-state index is -4.87. The number of amides is 2. The first-order chi connectivity index (χ1) is 19.4. The molecule has 1 unspecified atom stereocenters. The molecule has 41 heavy (non-hydrogen) atoms. The number of hydrogen-bond donors (Lipinski definition) is 1. The molecular weight excluding hydrogens is 579 g/mol. The van der Waals surface area contributed by atoms with Crippen molar-refractivity contribution in [2.75, 3.05) is 17.4 Å². The molecule has 1 N–H and O–H groups in total. The molecule has 0 saturated heterocycles. The third kappa shape index (κ3) is 8.01. The number of alkyl halides is 3. The van der Waals surface area contributed by atoms with Crippen LogP contribution in [0, 0.1) is 0 Å². The molecule has 3 aromatic rings. The summed E-state index contributed by atoms with van der Waals surface area (Å²) >= 11 is 5.79. The van der Waals surface area contributed by atoms with Gasteiger partial charge in [-0.05, 0) is 48.7 Å². The van der Waals surface area contributed by atoms with E-state index in [2.05, 4.69) is 5.32 Å². The molecule has 0 bridgehead atoms. The molecule has 2 amide bonds. The smallest absolute Gasteiger partial charge is 0.354 e. The molecule has 0 heterocycles. The minimum absolute atomic E-state index is 0.0225. The SMILES string of the molecule is CCCNC(=O)C(CC)N(Cc1ccccc1)C(=O)CN(c1ccc(Cl)c(C(F)(F)F)c1)S(=O)(=O)c1ccccc1. The summed E-state index contributed by atoms with van der Waals surface area (Å²) in [6.07, 6.45) is -3.99. The zero-order valence-electron chi connectivity index (χ0n) is 22.6. The van der Waals surface area contributed by atoms with E-state index in [1.54, 1.807) is 43.3 Å². The molecule has 7 nitrogen and oxygen atoms in total. The summed E-state index contributed by atoms with van der Waals surface area (Å²) in [5.74, 6) is -1.18. The lowest BCUT2D eigenvalue weighted by atomic mass is 10.1. The van der Waals surface area contributed by atoms with Crippen molar-refractivity contribution in [2.24, 2.45) is 0 Å². The lowest BCUT2D eigenvalue weighted by Gasteiger charge is -2.33. The van der Waals surface area contributed by atoms with Gasteiger partial charge in [0.1, 0.15) is 12.6 Å². The summed E-state index contributed by atoms with van der Waals surface area (Å²) in [6.45, 7) is 3.09. The van der Waals surface area contributed by atoms with Crippen LogP contribution >= 0.6 is 11.6 Å². The predicted octanol–water partition coefficient (Wildman–Crippen LogP) is 5.89. The second-order valence-corrected chi connectivity index (χ2v) is 11.5. The molecular formula is C29H31ClF3N3O4S. The van der Waals surface area contributed by atoms with Gasteiger partial charge < -0.3 is 10.2 Å². The molecule has 0 radical (unpaired) electrons. The number of rotatable bonds is 12. The van der Waals surface area contributed by atoms with Crippen molar-refractivity contribution in [1.29, 1.82) is 0 Å². The fraction of sp³-hybridized carbons (Fsp3) is 0.310. The fourth-order valence-electron chi connectivity index (χ4n) is 4.20. The highest BCUT2D eigenvalue weighted by Crippen LogP contribution is 2.38. The fourth-order valence-corrected chi connectivity index (χ4v) is 5.85. The maximum Gasteiger partial charge on any atom is 0.417 e. The van der Waals surface area contributed by atoms with Crippen molar-refractivity contribution in [3.8, 4) is 0 Å². The molecule has 0 fully saturated rings. The summed E-state index contributed by atoms with van der Waals surface area (Å²) in [5.41, 5.74) is -0.961. The molecule has 0 saturated carbocycles. The van der Waals surface area contributed by atoms with Gasteiger partial charge in [-0.2, -0.15) is 13.2 Å². The van der Waals surface area contributed by atoms with E-state index in [-0.39, 0.29) is 17.9 Å². The Morgan fingerprint density at radius 3 is 2.12 bits per heavy atom. The Bertz CT molecular complexity index is 1440. The van der Waals surface area contributed by atoms with E-state index < -0.39 is 56.9 Å². The Labute approximate surface area is 243 Å². The number of sulfonamides is 1. The molecule has 3 rings (SSSR count). The maximum atomic E-state index is 13.9. The van der Waals surface area contributed by atoms with Crippen LogP contribution in [-0.4, -0.2) is 44.3 Å².